The molecule has 3 aromatic rings. The fourth-order valence-electron chi connectivity index (χ4n) is 2.84. The second-order valence-corrected chi connectivity index (χ2v) is 6.44. The van der Waals surface area contributed by atoms with E-state index in [1.807, 2.05) is 30.3 Å². The van der Waals surface area contributed by atoms with Crippen molar-refractivity contribution in [3.8, 4) is 0 Å². The molecule has 0 saturated heterocycles. The number of fused-ring (bicyclic) bond motifs is 2. The second-order valence-electron chi connectivity index (χ2n) is 5.25. The van der Waals surface area contributed by atoms with E-state index in [2.05, 4.69) is 20.9 Å². The summed E-state index contributed by atoms with van der Waals surface area (Å²) in [6, 6.07) is 18.1. The van der Waals surface area contributed by atoms with E-state index in [9.17, 15) is 9.59 Å². The molecular formula is C18H10BrNO2. The van der Waals surface area contributed by atoms with E-state index in [0.717, 1.165) is 10.9 Å². The van der Waals surface area contributed by atoms with E-state index < -0.39 is 4.32 Å². The van der Waals surface area contributed by atoms with Crippen LogP contribution in [-0.2, 0) is 4.32 Å². The van der Waals surface area contributed by atoms with Gasteiger partial charge in [-0.25, -0.2) is 0 Å². The highest BCUT2D eigenvalue weighted by Crippen LogP contribution is 2.44. The van der Waals surface area contributed by atoms with E-state index in [4.69, 9.17) is 0 Å². The molecular weight excluding hydrogens is 342 g/mol. The van der Waals surface area contributed by atoms with E-state index in [1.165, 1.54) is 0 Å². The summed E-state index contributed by atoms with van der Waals surface area (Å²) in [5.41, 5.74) is 2.08. The lowest BCUT2D eigenvalue weighted by Gasteiger charge is -2.18. The Bertz CT molecular complexity index is 913. The fraction of sp³-hybridized carbons (Fsp3) is 0.0556. The first-order valence-electron chi connectivity index (χ1n) is 6.86. The van der Waals surface area contributed by atoms with Crippen molar-refractivity contribution in [2.24, 2.45) is 0 Å². The quantitative estimate of drug-likeness (QED) is 0.493. The number of Topliss-reactive ketones (excluding diaryl/α,β-unsaturated/α-hetero) is 2. The first-order valence-corrected chi connectivity index (χ1v) is 7.65. The summed E-state index contributed by atoms with van der Waals surface area (Å²) >= 11 is 3.39. The van der Waals surface area contributed by atoms with Gasteiger partial charge in [0.05, 0.1) is 11.2 Å². The Morgan fingerprint density at radius 1 is 0.773 bits per heavy atom. The van der Waals surface area contributed by atoms with Crippen LogP contribution in [0.1, 0.15) is 26.4 Å². The summed E-state index contributed by atoms with van der Waals surface area (Å²) in [6.07, 6.45) is 0. The van der Waals surface area contributed by atoms with Gasteiger partial charge in [-0.2, -0.15) is 0 Å². The number of carbonyl (C=O) groups excluding carboxylic acids is 2. The summed E-state index contributed by atoms with van der Waals surface area (Å²) < 4.78 is -1.42. The number of halogens is 1. The summed E-state index contributed by atoms with van der Waals surface area (Å²) in [6.45, 7) is 0. The average Bonchev–Trinajstić information content (AvgIpc) is 2.77. The van der Waals surface area contributed by atoms with Crippen LogP contribution in [0.4, 0.5) is 0 Å². The Morgan fingerprint density at radius 3 is 2.05 bits per heavy atom. The number of hydrogen-bond donors (Lipinski definition) is 0. The maximum absolute atomic E-state index is 12.8. The molecule has 4 heteroatoms. The van der Waals surface area contributed by atoms with E-state index in [1.54, 1.807) is 30.3 Å². The van der Waals surface area contributed by atoms with Crippen molar-refractivity contribution < 1.29 is 9.59 Å². The second kappa shape index (κ2) is 4.58. The van der Waals surface area contributed by atoms with Crippen molar-refractivity contribution in [1.82, 2.24) is 4.98 Å². The topological polar surface area (TPSA) is 47.0 Å². The van der Waals surface area contributed by atoms with E-state index >= 15 is 0 Å². The number of benzene rings is 2. The van der Waals surface area contributed by atoms with Gasteiger partial charge >= 0.3 is 0 Å². The molecule has 4 rings (SSSR count). The number of alkyl halides is 1. The Kier molecular flexibility index (Phi) is 2.78. The number of hydrogen-bond acceptors (Lipinski definition) is 3. The highest BCUT2D eigenvalue weighted by Gasteiger charge is 2.53. The number of carbonyl (C=O) groups is 2. The van der Waals surface area contributed by atoms with E-state index in [-0.39, 0.29) is 11.6 Å². The third kappa shape index (κ3) is 1.64. The normalized spacial score (nSPS) is 16.0. The zero-order valence-corrected chi connectivity index (χ0v) is 13.0. The molecule has 1 heterocycles. The predicted octanol–water partition coefficient (Wildman–Crippen LogP) is 3.90. The van der Waals surface area contributed by atoms with Crippen LogP contribution < -0.4 is 0 Å². The molecule has 1 aromatic heterocycles. The number of ketones is 2. The number of nitrogens with zero attached hydrogens (tertiary/aromatic N) is 1. The Labute approximate surface area is 135 Å². The Hall–Kier alpha value is -2.33. The monoisotopic (exact) mass is 351 g/mol. The van der Waals surface area contributed by atoms with Crippen LogP contribution in [0.15, 0.2) is 60.7 Å². The molecule has 106 valence electrons. The maximum Gasteiger partial charge on any atom is 0.194 e. The van der Waals surface area contributed by atoms with Crippen LogP contribution in [0.3, 0.4) is 0 Å². The van der Waals surface area contributed by atoms with Crippen LogP contribution >= 0.6 is 15.9 Å². The molecule has 3 nitrogen and oxygen atoms in total. The summed E-state index contributed by atoms with van der Waals surface area (Å²) in [5.74, 6) is -0.508. The van der Waals surface area contributed by atoms with Gasteiger partial charge in [0.25, 0.3) is 0 Å². The molecule has 0 amide bonds. The highest BCUT2D eigenvalue weighted by atomic mass is 79.9. The molecule has 0 unspecified atom stereocenters. The van der Waals surface area contributed by atoms with Crippen molar-refractivity contribution in [1.29, 1.82) is 0 Å². The van der Waals surface area contributed by atoms with Gasteiger partial charge in [-0.05, 0) is 12.1 Å². The van der Waals surface area contributed by atoms with Crippen molar-refractivity contribution in [2.75, 3.05) is 0 Å². The van der Waals surface area contributed by atoms with Gasteiger partial charge in [-0.3, -0.25) is 14.6 Å². The largest absolute Gasteiger partial charge is 0.292 e. The van der Waals surface area contributed by atoms with Gasteiger partial charge in [0.15, 0.2) is 15.9 Å². The average molecular weight is 352 g/mol. The minimum atomic E-state index is -1.42. The fourth-order valence-corrected chi connectivity index (χ4v) is 3.49. The van der Waals surface area contributed by atoms with Crippen molar-refractivity contribution in [2.45, 2.75) is 4.32 Å². The Morgan fingerprint density at radius 2 is 1.36 bits per heavy atom. The zero-order chi connectivity index (χ0) is 15.3. The van der Waals surface area contributed by atoms with Crippen molar-refractivity contribution in [3.63, 3.8) is 0 Å². The van der Waals surface area contributed by atoms with E-state index in [0.29, 0.717) is 16.8 Å². The number of pyridine rings is 1. The smallest absolute Gasteiger partial charge is 0.194 e. The van der Waals surface area contributed by atoms with Crippen LogP contribution in [0, 0.1) is 0 Å². The van der Waals surface area contributed by atoms with Gasteiger partial charge < -0.3 is 0 Å². The maximum atomic E-state index is 12.8. The molecule has 2 aromatic carbocycles. The van der Waals surface area contributed by atoms with Crippen molar-refractivity contribution in [3.05, 3.63) is 77.5 Å². The molecule has 0 radical (unpaired) electrons. The molecule has 0 bridgehead atoms. The first-order chi connectivity index (χ1) is 10.6. The van der Waals surface area contributed by atoms with Crippen LogP contribution in [0.25, 0.3) is 10.9 Å². The predicted molar refractivity (Wildman–Crippen MR) is 87.5 cm³/mol. The molecule has 1 aliphatic carbocycles. The minimum absolute atomic E-state index is 0.254. The van der Waals surface area contributed by atoms with Crippen LogP contribution in [-0.4, -0.2) is 16.6 Å². The van der Waals surface area contributed by atoms with Crippen molar-refractivity contribution >= 4 is 38.4 Å². The lowest BCUT2D eigenvalue weighted by Crippen LogP contribution is -2.32. The SMILES string of the molecule is O=C1c2ccccc2C(=O)C1(Br)c1ccc2ccccc2n1. The highest BCUT2D eigenvalue weighted by molar-refractivity contribution is 9.10. The number of rotatable bonds is 1. The third-order valence-electron chi connectivity index (χ3n) is 3.99. The molecule has 0 aliphatic heterocycles. The molecule has 1 aliphatic rings. The molecule has 0 saturated carbocycles. The number of para-hydroxylation sites is 1. The van der Waals surface area contributed by atoms with Gasteiger partial charge in [-0.1, -0.05) is 64.5 Å². The standard InChI is InChI=1S/C18H10BrNO2/c19-18(15-10-9-11-5-1-4-8-14(11)20-15)16(21)12-6-2-3-7-13(12)17(18)22/h1-10H. The van der Waals surface area contributed by atoms with Crippen LogP contribution in [0.5, 0.6) is 0 Å². The van der Waals surface area contributed by atoms with Gasteiger partial charge in [0.2, 0.25) is 0 Å². The minimum Gasteiger partial charge on any atom is -0.292 e. The Balaban J connectivity index is 1.94. The third-order valence-corrected chi connectivity index (χ3v) is 5.12. The summed E-state index contributed by atoms with van der Waals surface area (Å²) in [7, 11) is 0. The molecule has 0 atom stereocenters. The van der Waals surface area contributed by atoms with Crippen LogP contribution in [0.2, 0.25) is 0 Å². The number of aromatic nitrogens is 1. The lowest BCUT2D eigenvalue weighted by molar-refractivity contribution is 0.0869. The lowest BCUT2D eigenvalue weighted by atomic mass is 9.98. The zero-order valence-electron chi connectivity index (χ0n) is 11.4. The molecule has 0 fully saturated rings. The summed E-state index contributed by atoms with van der Waals surface area (Å²) in [5, 5.41) is 0.970. The molecule has 0 spiro atoms. The molecule has 22 heavy (non-hydrogen) atoms. The summed E-state index contributed by atoms with van der Waals surface area (Å²) in [4.78, 5) is 30.0. The van der Waals surface area contributed by atoms with Gasteiger partial charge in [0, 0.05) is 16.5 Å². The van der Waals surface area contributed by atoms with Gasteiger partial charge in [-0.15, -0.1) is 0 Å². The van der Waals surface area contributed by atoms with Gasteiger partial charge in [0.1, 0.15) is 0 Å². The first kappa shape index (κ1) is 13.3. The molecule has 0 N–H and O–H groups in total.